The van der Waals surface area contributed by atoms with Crippen molar-refractivity contribution in [3.8, 4) is 0 Å². The first kappa shape index (κ1) is 15.0. The van der Waals surface area contributed by atoms with Crippen LogP contribution in [0.15, 0.2) is 11.1 Å². The van der Waals surface area contributed by atoms with Crippen LogP contribution in [0, 0.1) is 5.92 Å². The summed E-state index contributed by atoms with van der Waals surface area (Å²) in [6.45, 7) is 4.74. The highest BCUT2D eigenvalue weighted by Crippen LogP contribution is 2.15. The maximum atomic E-state index is 11.9. The number of rotatable bonds is 7. The van der Waals surface area contributed by atoms with Gasteiger partial charge in [0.15, 0.2) is 5.82 Å². The van der Waals surface area contributed by atoms with Crippen molar-refractivity contribution in [2.75, 3.05) is 12.3 Å². The van der Waals surface area contributed by atoms with Gasteiger partial charge in [-0.3, -0.25) is 4.68 Å². The number of unbranched alkanes of at least 4 members (excludes halogenated alkanes) is 1. The summed E-state index contributed by atoms with van der Waals surface area (Å²) in [5.74, 6) is 0.683. The number of sulfonamides is 1. The molecule has 1 aromatic heterocycles. The first-order valence-corrected chi connectivity index (χ1v) is 7.60. The lowest BCUT2D eigenvalue weighted by atomic mass is 10.1. The Bertz CT molecular complexity index is 479. The van der Waals surface area contributed by atoms with E-state index >= 15 is 0 Å². The molecule has 0 bridgehead atoms. The van der Waals surface area contributed by atoms with Gasteiger partial charge < -0.3 is 5.73 Å². The Hall–Kier alpha value is -1.08. The zero-order valence-corrected chi connectivity index (χ0v) is 12.0. The van der Waals surface area contributed by atoms with E-state index in [2.05, 4.69) is 23.7 Å². The molecular formula is C11H22N4O2S. The Morgan fingerprint density at radius 1 is 1.44 bits per heavy atom. The van der Waals surface area contributed by atoms with Crippen LogP contribution >= 0.6 is 0 Å². The van der Waals surface area contributed by atoms with Crippen LogP contribution in [-0.2, 0) is 17.1 Å². The summed E-state index contributed by atoms with van der Waals surface area (Å²) in [5, 5.41) is 3.82. The molecule has 0 saturated heterocycles. The van der Waals surface area contributed by atoms with Gasteiger partial charge in [0.1, 0.15) is 4.90 Å². The molecular weight excluding hydrogens is 252 g/mol. The van der Waals surface area contributed by atoms with Crippen LogP contribution in [0.5, 0.6) is 0 Å². The minimum Gasteiger partial charge on any atom is -0.381 e. The first-order chi connectivity index (χ1) is 8.33. The Morgan fingerprint density at radius 3 is 2.61 bits per heavy atom. The Labute approximate surface area is 109 Å². The molecule has 0 atom stereocenters. The zero-order chi connectivity index (χ0) is 13.8. The highest BCUT2D eigenvalue weighted by Gasteiger charge is 2.19. The average Bonchev–Trinajstić information content (AvgIpc) is 2.57. The fraction of sp³-hybridized carbons (Fsp3) is 0.727. The maximum absolute atomic E-state index is 11.9. The highest BCUT2D eigenvalue weighted by atomic mass is 32.2. The number of nitrogens with zero attached hydrogens (tertiary/aromatic N) is 2. The molecule has 0 spiro atoms. The summed E-state index contributed by atoms with van der Waals surface area (Å²) in [5.41, 5.74) is 5.55. The van der Waals surface area contributed by atoms with Crippen molar-refractivity contribution < 1.29 is 8.42 Å². The van der Waals surface area contributed by atoms with Gasteiger partial charge in [-0.15, -0.1) is 0 Å². The molecule has 0 amide bonds. The standard InChI is InChI=1S/C11H22N4O2S/c1-9(2)6-4-5-7-13-18(16,17)10-8-15(3)14-11(10)12/h8-9,13H,4-7H2,1-3H3,(H2,12,14). The summed E-state index contributed by atoms with van der Waals surface area (Å²) in [6.07, 6.45) is 4.36. The molecule has 0 aliphatic carbocycles. The normalized spacial score (nSPS) is 12.2. The molecule has 0 aliphatic heterocycles. The third kappa shape index (κ3) is 4.30. The molecule has 0 unspecified atom stereocenters. The first-order valence-electron chi connectivity index (χ1n) is 6.11. The quantitative estimate of drug-likeness (QED) is 0.729. The van der Waals surface area contributed by atoms with E-state index in [4.69, 9.17) is 5.73 Å². The summed E-state index contributed by atoms with van der Waals surface area (Å²) >= 11 is 0. The molecule has 0 aromatic carbocycles. The fourth-order valence-corrected chi connectivity index (χ4v) is 2.83. The van der Waals surface area contributed by atoms with Crippen LogP contribution in [0.3, 0.4) is 0 Å². The van der Waals surface area contributed by atoms with Crippen molar-refractivity contribution in [2.45, 2.75) is 38.0 Å². The van der Waals surface area contributed by atoms with E-state index in [-0.39, 0.29) is 10.7 Å². The van der Waals surface area contributed by atoms with Gasteiger partial charge in [0.05, 0.1) is 0 Å². The molecule has 1 heterocycles. The molecule has 104 valence electrons. The molecule has 7 heteroatoms. The number of nitrogens with two attached hydrogens (primary N) is 1. The summed E-state index contributed by atoms with van der Waals surface area (Å²) in [4.78, 5) is 0.0499. The summed E-state index contributed by atoms with van der Waals surface area (Å²) < 4.78 is 27.8. The van der Waals surface area contributed by atoms with Crippen molar-refractivity contribution >= 4 is 15.8 Å². The van der Waals surface area contributed by atoms with Crippen LogP contribution < -0.4 is 10.5 Å². The predicted octanol–water partition coefficient (Wildman–Crippen LogP) is 1.11. The van der Waals surface area contributed by atoms with Gasteiger partial charge in [-0.2, -0.15) is 5.10 Å². The van der Waals surface area contributed by atoms with Crippen LogP contribution in [0.2, 0.25) is 0 Å². The SMILES string of the molecule is CC(C)CCCCNS(=O)(=O)c1cn(C)nc1N. The topological polar surface area (TPSA) is 90.0 Å². The van der Waals surface area contributed by atoms with Crippen molar-refractivity contribution in [2.24, 2.45) is 13.0 Å². The van der Waals surface area contributed by atoms with Crippen LogP contribution in [0.4, 0.5) is 5.82 Å². The number of anilines is 1. The lowest BCUT2D eigenvalue weighted by Gasteiger charge is -2.06. The lowest BCUT2D eigenvalue weighted by molar-refractivity contribution is 0.530. The smallest absolute Gasteiger partial charge is 0.245 e. The Balaban J connectivity index is 2.48. The monoisotopic (exact) mass is 274 g/mol. The van der Waals surface area contributed by atoms with Crippen molar-refractivity contribution in [1.82, 2.24) is 14.5 Å². The van der Waals surface area contributed by atoms with E-state index in [0.29, 0.717) is 12.5 Å². The van der Waals surface area contributed by atoms with Crippen LogP contribution in [0.25, 0.3) is 0 Å². The van der Waals surface area contributed by atoms with E-state index in [0.717, 1.165) is 19.3 Å². The maximum Gasteiger partial charge on any atom is 0.245 e. The molecule has 3 N–H and O–H groups in total. The lowest BCUT2D eigenvalue weighted by Crippen LogP contribution is -2.25. The number of aryl methyl sites for hydroxylation is 1. The van der Waals surface area contributed by atoms with E-state index in [1.807, 2.05) is 0 Å². The molecule has 0 aliphatic rings. The average molecular weight is 274 g/mol. The number of hydrogen-bond acceptors (Lipinski definition) is 4. The van der Waals surface area contributed by atoms with E-state index in [1.165, 1.54) is 10.9 Å². The second kappa shape index (κ2) is 6.19. The van der Waals surface area contributed by atoms with Gasteiger partial charge in [0.25, 0.3) is 0 Å². The van der Waals surface area contributed by atoms with Crippen LogP contribution in [-0.4, -0.2) is 24.7 Å². The highest BCUT2D eigenvalue weighted by molar-refractivity contribution is 7.89. The van der Waals surface area contributed by atoms with Crippen LogP contribution in [0.1, 0.15) is 33.1 Å². The van der Waals surface area contributed by atoms with Crippen molar-refractivity contribution in [3.63, 3.8) is 0 Å². The van der Waals surface area contributed by atoms with Gasteiger partial charge >= 0.3 is 0 Å². The summed E-state index contributed by atoms with van der Waals surface area (Å²) in [6, 6.07) is 0. The van der Waals surface area contributed by atoms with Gasteiger partial charge in [-0.1, -0.05) is 26.7 Å². The second-order valence-corrected chi connectivity index (χ2v) is 6.58. The van der Waals surface area contributed by atoms with Crippen molar-refractivity contribution in [1.29, 1.82) is 0 Å². The molecule has 0 fully saturated rings. The van der Waals surface area contributed by atoms with E-state index in [9.17, 15) is 8.42 Å². The third-order valence-corrected chi connectivity index (χ3v) is 4.09. The molecule has 1 rings (SSSR count). The van der Waals surface area contributed by atoms with Gasteiger partial charge in [-0.25, -0.2) is 13.1 Å². The molecule has 6 nitrogen and oxygen atoms in total. The van der Waals surface area contributed by atoms with Gasteiger partial charge in [-0.05, 0) is 12.3 Å². The van der Waals surface area contributed by atoms with E-state index in [1.54, 1.807) is 7.05 Å². The molecule has 0 saturated carbocycles. The fourth-order valence-electron chi connectivity index (χ4n) is 1.65. The minimum atomic E-state index is -3.53. The summed E-state index contributed by atoms with van der Waals surface area (Å²) in [7, 11) is -1.89. The third-order valence-electron chi connectivity index (χ3n) is 2.61. The van der Waals surface area contributed by atoms with Crippen molar-refractivity contribution in [3.05, 3.63) is 6.20 Å². The largest absolute Gasteiger partial charge is 0.381 e. The van der Waals surface area contributed by atoms with Gasteiger partial charge in [0, 0.05) is 19.8 Å². The molecule has 1 aromatic rings. The Kier molecular flexibility index (Phi) is 5.15. The second-order valence-electron chi connectivity index (χ2n) is 4.84. The van der Waals surface area contributed by atoms with Gasteiger partial charge in [0.2, 0.25) is 10.0 Å². The minimum absolute atomic E-state index is 0.0344. The molecule has 18 heavy (non-hydrogen) atoms. The number of aromatic nitrogens is 2. The number of nitrogen functional groups attached to an aromatic ring is 1. The predicted molar refractivity (Wildman–Crippen MR) is 71.5 cm³/mol. The number of hydrogen-bond donors (Lipinski definition) is 2. The zero-order valence-electron chi connectivity index (χ0n) is 11.2. The Morgan fingerprint density at radius 2 is 2.11 bits per heavy atom. The number of nitrogens with one attached hydrogen (secondary N) is 1. The molecule has 0 radical (unpaired) electrons. The van der Waals surface area contributed by atoms with E-state index < -0.39 is 10.0 Å².